The van der Waals surface area contributed by atoms with Crippen molar-refractivity contribution in [3.63, 3.8) is 0 Å². The van der Waals surface area contributed by atoms with E-state index >= 15 is 0 Å². The van der Waals surface area contributed by atoms with Crippen LogP contribution in [-0.2, 0) is 5.41 Å². The van der Waals surface area contributed by atoms with Gasteiger partial charge in [-0.15, -0.1) is 0 Å². The molecule has 0 fully saturated rings. The van der Waals surface area contributed by atoms with E-state index in [1.165, 1.54) is 22.3 Å². The Balaban J connectivity index is 1.47. The molecule has 0 aliphatic heterocycles. The van der Waals surface area contributed by atoms with E-state index in [0.29, 0.717) is 0 Å². The van der Waals surface area contributed by atoms with Gasteiger partial charge in [0.05, 0.1) is 16.6 Å². The smallest absolute Gasteiger partial charge is 0.149 e. The fourth-order valence-corrected chi connectivity index (χ4v) is 4.75. The van der Waals surface area contributed by atoms with Crippen molar-refractivity contribution in [2.24, 2.45) is 0 Å². The van der Waals surface area contributed by atoms with E-state index in [0.717, 1.165) is 39.1 Å². The minimum atomic E-state index is 0.150. The first-order valence-corrected chi connectivity index (χ1v) is 12.1. The fourth-order valence-electron chi connectivity index (χ4n) is 4.75. The van der Waals surface area contributed by atoms with E-state index in [-0.39, 0.29) is 5.41 Å². The lowest BCUT2D eigenvalue weighted by atomic mass is 9.86. The van der Waals surface area contributed by atoms with Crippen LogP contribution in [0.2, 0.25) is 0 Å². The highest BCUT2D eigenvalue weighted by Gasteiger charge is 2.19. The number of aryl methyl sites for hydroxylation is 1. The molecule has 0 N–H and O–H groups in total. The van der Waals surface area contributed by atoms with Crippen LogP contribution < -0.4 is 0 Å². The molecule has 2 aromatic heterocycles. The summed E-state index contributed by atoms with van der Waals surface area (Å²) in [6, 6.07) is 32.2. The first-order chi connectivity index (χ1) is 16.9. The Morgan fingerprint density at radius 3 is 2.17 bits per heavy atom. The summed E-state index contributed by atoms with van der Waals surface area (Å²) in [6.45, 7) is 8.84. The van der Waals surface area contributed by atoms with E-state index in [2.05, 4.69) is 111 Å². The Morgan fingerprint density at radius 2 is 1.46 bits per heavy atom. The van der Waals surface area contributed by atoms with Gasteiger partial charge < -0.3 is 4.42 Å². The van der Waals surface area contributed by atoms with Crippen LogP contribution in [-0.4, -0.2) is 9.55 Å². The zero-order chi connectivity index (χ0) is 24.2. The van der Waals surface area contributed by atoms with Gasteiger partial charge >= 0.3 is 0 Å². The highest BCUT2D eigenvalue weighted by molar-refractivity contribution is 5.95. The zero-order valence-electron chi connectivity index (χ0n) is 20.5. The van der Waals surface area contributed by atoms with Gasteiger partial charge in [-0.2, -0.15) is 0 Å². The van der Waals surface area contributed by atoms with Crippen molar-refractivity contribution < 1.29 is 4.42 Å². The number of aromatic nitrogens is 2. The third-order valence-corrected chi connectivity index (χ3v) is 6.74. The molecular formula is C32H28N2O. The van der Waals surface area contributed by atoms with Crippen molar-refractivity contribution in [1.82, 2.24) is 9.55 Å². The van der Waals surface area contributed by atoms with Gasteiger partial charge in [0.25, 0.3) is 0 Å². The lowest BCUT2D eigenvalue weighted by Crippen LogP contribution is -2.10. The van der Waals surface area contributed by atoms with Gasteiger partial charge in [-0.05, 0) is 65.4 Å². The van der Waals surface area contributed by atoms with E-state index < -0.39 is 0 Å². The van der Waals surface area contributed by atoms with Crippen LogP contribution in [0, 0.1) is 6.92 Å². The average Bonchev–Trinajstić information content (AvgIpc) is 3.44. The molecule has 0 unspecified atom stereocenters. The Morgan fingerprint density at radius 1 is 0.771 bits per heavy atom. The number of imidazole rings is 1. The molecule has 3 nitrogen and oxygen atoms in total. The molecule has 172 valence electrons. The molecule has 0 amide bonds. The maximum absolute atomic E-state index is 5.90. The van der Waals surface area contributed by atoms with Crippen molar-refractivity contribution in [3.8, 4) is 28.2 Å². The summed E-state index contributed by atoms with van der Waals surface area (Å²) < 4.78 is 8.13. The Kier molecular flexibility index (Phi) is 4.89. The van der Waals surface area contributed by atoms with Crippen molar-refractivity contribution >= 4 is 22.0 Å². The number of benzene rings is 4. The molecule has 6 rings (SSSR count). The predicted octanol–water partition coefficient (Wildman–Crippen LogP) is 8.71. The SMILES string of the molecule is Cc1ccc2occ(-c3nc4ccccc4n3-c3ccc(-c4ccc(C(C)(C)C)cc4)cc3)c2c1. The van der Waals surface area contributed by atoms with Gasteiger partial charge in [0.1, 0.15) is 17.7 Å². The number of hydrogen-bond acceptors (Lipinski definition) is 2. The Labute approximate surface area is 205 Å². The highest BCUT2D eigenvalue weighted by atomic mass is 16.3. The van der Waals surface area contributed by atoms with Gasteiger partial charge in [-0.1, -0.05) is 80.9 Å². The molecule has 2 heterocycles. The fraction of sp³-hybridized carbons (Fsp3) is 0.156. The molecule has 6 aromatic rings. The van der Waals surface area contributed by atoms with E-state index in [9.17, 15) is 0 Å². The van der Waals surface area contributed by atoms with Crippen LogP contribution in [0.5, 0.6) is 0 Å². The lowest BCUT2D eigenvalue weighted by molar-refractivity contribution is 0.590. The molecule has 0 saturated carbocycles. The molecule has 3 heteroatoms. The van der Waals surface area contributed by atoms with Crippen LogP contribution in [0.1, 0.15) is 31.9 Å². The minimum absolute atomic E-state index is 0.150. The molecule has 0 spiro atoms. The van der Waals surface area contributed by atoms with Gasteiger partial charge in [0, 0.05) is 11.1 Å². The van der Waals surface area contributed by atoms with Gasteiger partial charge in [0.2, 0.25) is 0 Å². The quantitative estimate of drug-likeness (QED) is 0.267. The van der Waals surface area contributed by atoms with Gasteiger partial charge in [-0.25, -0.2) is 4.98 Å². The second-order valence-electron chi connectivity index (χ2n) is 10.3. The van der Waals surface area contributed by atoms with Gasteiger partial charge in [-0.3, -0.25) is 4.57 Å². The topological polar surface area (TPSA) is 31.0 Å². The van der Waals surface area contributed by atoms with Crippen LogP contribution in [0.3, 0.4) is 0 Å². The van der Waals surface area contributed by atoms with E-state index in [1.807, 2.05) is 18.4 Å². The molecule has 0 saturated heterocycles. The first-order valence-electron chi connectivity index (χ1n) is 12.1. The van der Waals surface area contributed by atoms with Crippen LogP contribution >= 0.6 is 0 Å². The summed E-state index contributed by atoms with van der Waals surface area (Å²) in [5.41, 5.74) is 10.1. The number of hydrogen-bond donors (Lipinski definition) is 0. The summed E-state index contributed by atoms with van der Waals surface area (Å²) in [7, 11) is 0. The van der Waals surface area contributed by atoms with Crippen LogP contribution in [0.25, 0.3) is 50.2 Å². The van der Waals surface area contributed by atoms with Crippen molar-refractivity contribution in [2.75, 3.05) is 0 Å². The Hall–Kier alpha value is -4.11. The minimum Gasteiger partial charge on any atom is -0.464 e. The number of nitrogens with zero attached hydrogens (tertiary/aromatic N) is 2. The number of furan rings is 1. The summed E-state index contributed by atoms with van der Waals surface area (Å²) in [6.07, 6.45) is 1.83. The van der Waals surface area contributed by atoms with Crippen molar-refractivity contribution in [1.29, 1.82) is 0 Å². The molecule has 0 radical (unpaired) electrons. The third kappa shape index (κ3) is 3.74. The molecule has 0 bridgehead atoms. The van der Waals surface area contributed by atoms with E-state index in [4.69, 9.17) is 9.40 Å². The summed E-state index contributed by atoms with van der Waals surface area (Å²) in [4.78, 5) is 5.03. The molecule has 0 aliphatic carbocycles. The second kappa shape index (κ2) is 7.99. The van der Waals surface area contributed by atoms with Crippen molar-refractivity contribution in [2.45, 2.75) is 33.1 Å². The second-order valence-corrected chi connectivity index (χ2v) is 10.3. The number of para-hydroxylation sites is 2. The highest BCUT2D eigenvalue weighted by Crippen LogP contribution is 2.35. The predicted molar refractivity (Wildman–Crippen MR) is 145 cm³/mol. The average molecular weight is 457 g/mol. The monoisotopic (exact) mass is 456 g/mol. The lowest BCUT2D eigenvalue weighted by Gasteiger charge is -2.19. The third-order valence-electron chi connectivity index (χ3n) is 6.74. The summed E-state index contributed by atoms with van der Waals surface area (Å²) in [5.74, 6) is 0.887. The molecule has 0 aliphatic rings. The maximum Gasteiger partial charge on any atom is 0.149 e. The largest absolute Gasteiger partial charge is 0.464 e. The molecular weight excluding hydrogens is 428 g/mol. The Bertz CT molecular complexity index is 1660. The normalized spacial score (nSPS) is 12.0. The first kappa shape index (κ1) is 21.4. The molecule has 35 heavy (non-hydrogen) atoms. The van der Waals surface area contributed by atoms with Crippen LogP contribution in [0.15, 0.2) is 102 Å². The molecule has 0 atom stereocenters. The van der Waals surface area contributed by atoms with Crippen LogP contribution in [0.4, 0.5) is 0 Å². The van der Waals surface area contributed by atoms with Gasteiger partial charge in [0.15, 0.2) is 0 Å². The maximum atomic E-state index is 5.90. The van der Waals surface area contributed by atoms with Crippen molar-refractivity contribution in [3.05, 3.63) is 108 Å². The summed E-state index contributed by atoms with van der Waals surface area (Å²) >= 11 is 0. The molecule has 4 aromatic carbocycles. The standard InChI is InChI=1S/C32H28N2O/c1-21-9-18-30-26(19-21)27(20-35-30)31-33-28-7-5-6-8-29(28)34(31)25-16-12-23(13-17-25)22-10-14-24(15-11-22)32(2,3)4/h5-20H,1-4H3. The zero-order valence-corrected chi connectivity index (χ0v) is 20.5. The number of rotatable bonds is 3. The summed E-state index contributed by atoms with van der Waals surface area (Å²) in [5, 5.41) is 1.08. The number of fused-ring (bicyclic) bond motifs is 2. The van der Waals surface area contributed by atoms with E-state index in [1.54, 1.807) is 0 Å².